The molecule has 0 aliphatic carbocycles. The zero-order valence-corrected chi connectivity index (χ0v) is 10.1. The topological polar surface area (TPSA) is 49.8 Å². The third kappa shape index (κ3) is 3.42. The van der Waals surface area contributed by atoms with Crippen molar-refractivity contribution < 1.29 is 14.6 Å². The SMILES string of the molecule is C#C[C@@H]1CCN(C(=O)OC(C)(C)C)C[C@H]1O. The molecule has 0 radical (unpaired) electrons. The second kappa shape index (κ2) is 4.75. The first kappa shape index (κ1) is 12.9. The van der Waals surface area contributed by atoms with Crippen LogP contribution in [0, 0.1) is 18.3 Å². The van der Waals surface area contributed by atoms with Crippen molar-refractivity contribution in [3.05, 3.63) is 0 Å². The summed E-state index contributed by atoms with van der Waals surface area (Å²) < 4.78 is 5.22. The number of carbonyl (C=O) groups excluding carboxylic acids is 1. The van der Waals surface area contributed by atoms with E-state index >= 15 is 0 Å². The molecule has 0 saturated carbocycles. The Morgan fingerprint density at radius 3 is 2.62 bits per heavy atom. The molecule has 1 saturated heterocycles. The number of β-amino-alcohol motifs (C(OH)–C–C–N with tert-alkyl or cyclic N) is 1. The summed E-state index contributed by atoms with van der Waals surface area (Å²) in [5.41, 5.74) is -0.509. The second-order valence-corrected chi connectivity index (χ2v) is 5.06. The molecule has 1 fully saturated rings. The normalized spacial score (nSPS) is 26.1. The van der Waals surface area contributed by atoms with Gasteiger partial charge in [-0.1, -0.05) is 0 Å². The molecule has 1 heterocycles. The van der Waals surface area contributed by atoms with Crippen molar-refractivity contribution in [2.75, 3.05) is 13.1 Å². The Bertz CT molecular complexity index is 300. The number of likely N-dealkylation sites (tertiary alicyclic amines) is 1. The molecular weight excluding hydrogens is 206 g/mol. The van der Waals surface area contributed by atoms with Crippen LogP contribution in [0.1, 0.15) is 27.2 Å². The zero-order chi connectivity index (χ0) is 12.3. The lowest BCUT2D eigenvalue weighted by Gasteiger charge is -2.34. The van der Waals surface area contributed by atoms with Crippen LogP contribution in [0.25, 0.3) is 0 Å². The Labute approximate surface area is 96.6 Å². The van der Waals surface area contributed by atoms with E-state index in [1.807, 2.05) is 20.8 Å². The molecule has 1 aliphatic rings. The van der Waals surface area contributed by atoms with E-state index in [4.69, 9.17) is 11.2 Å². The van der Waals surface area contributed by atoms with Crippen LogP contribution in [0.2, 0.25) is 0 Å². The predicted molar refractivity (Wildman–Crippen MR) is 60.8 cm³/mol. The first-order valence-electron chi connectivity index (χ1n) is 5.45. The van der Waals surface area contributed by atoms with Gasteiger partial charge in [0.2, 0.25) is 0 Å². The average molecular weight is 225 g/mol. The number of aliphatic hydroxyl groups excluding tert-OH is 1. The number of amides is 1. The van der Waals surface area contributed by atoms with Gasteiger partial charge < -0.3 is 14.7 Å². The van der Waals surface area contributed by atoms with Gasteiger partial charge in [-0.3, -0.25) is 0 Å². The van der Waals surface area contributed by atoms with Gasteiger partial charge in [-0.05, 0) is 27.2 Å². The van der Waals surface area contributed by atoms with Crippen molar-refractivity contribution in [2.24, 2.45) is 5.92 Å². The third-order valence-electron chi connectivity index (χ3n) is 2.45. The standard InChI is InChI=1S/C12H19NO3/c1-5-9-6-7-13(8-10(9)14)11(15)16-12(2,3)4/h1,9-10,14H,6-8H2,2-4H3/t9-,10-/m1/s1. The minimum atomic E-state index is -0.647. The molecule has 0 unspecified atom stereocenters. The van der Waals surface area contributed by atoms with Crippen molar-refractivity contribution in [1.29, 1.82) is 0 Å². The number of hydrogen-bond acceptors (Lipinski definition) is 3. The summed E-state index contributed by atoms with van der Waals surface area (Å²) in [5.74, 6) is 2.38. The molecular formula is C12H19NO3. The zero-order valence-electron chi connectivity index (χ0n) is 10.1. The maximum absolute atomic E-state index is 11.7. The third-order valence-corrected chi connectivity index (χ3v) is 2.45. The lowest BCUT2D eigenvalue weighted by molar-refractivity contribution is -0.00420. The molecule has 1 rings (SSSR count). The van der Waals surface area contributed by atoms with Gasteiger partial charge in [0.25, 0.3) is 0 Å². The van der Waals surface area contributed by atoms with Gasteiger partial charge in [-0.2, -0.15) is 0 Å². The fraction of sp³-hybridized carbons (Fsp3) is 0.750. The van der Waals surface area contributed by atoms with E-state index in [0.717, 1.165) is 0 Å². The van der Waals surface area contributed by atoms with E-state index in [1.54, 1.807) is 0 Å². The van der Waals surface area contributed by atoms with E-state index in [2.05, 4.69) is 5.92 Å². The fourth-order valence-corrected chi connectivity index (χ4v) is 1.62. The number of ether oxygens (including phenoxy) is 1. The molecule has 0 spiro atoms. The summed E-state index contributed by atoms with van der Waals surface area (Å²) in [7, 11) is 0. The van der Waals surface area contributed by atoms with Crippen molar-refractivity contribution >= 4 is 6.09 Å². The number of carbonyl (C=O) groups is 1. The number of piperidine rings is 1. The van der Waals surface area contributed by atoms with Crippen LogP contribution in [-0.2, 0) is 4.74 Å². The van der Waals surface area contributed by atoms with Crippen molar-refractivity contribution in [3.8, 4) is 12.3 Å². The molecule has 0 bridgehead atoms. The number of hydrogen-bond donors (Lipinski definition) is 1. The highest BCUT2D eigenvalue weighted by atomic mass is 16.6. The highest BCUT2D eigenvalue weighted by Gasteiger charge is 2.31. The Morgan fingerprint density at radius 1 is 1.56 bits per heavy atom. The van der Waals surface area contributed by atoms with Gasteiger partial charge in [0, 0.05) is 12.5 Å². The number of nitrogens with zero attached hydrogens (tertiary/aromatic N) is 1. The second-order valence-electron chi connectivity index (χ2n) is 5.06. The Hall–Kier alpha value is -1.21. The lowest BCUT2D eigenvalue weighted by Crippen LogP contribution is -2.47. The van der Waals surface area contributed by atoms with Gasteiger partial charge in [-0.15, -0.1) is 12.3 Å². The predicted octanol–water partition coefficient (Wildman–Crippen LogP) is 1.24. The molecule has 4 heteroatoms. The van der Waals surface area contributed by atoms with E-state index in [-0.39, 0.29) is 18.6 Å². The quantitative estimate of drug-likeness (QED) is 0.631. The maximum Gasteiger partial charge on any atom is 0.410 e. The van der Waals surface area contributed by atoms with Gasteiger partial charge in [-0.25, -0.2) is 4.79 Å². The molecule has 4 nitrogen and oxygen atoms in total. The van der Waals surface area contributed by atoms with Gasteiger partial charge >= 0.3 is 6.09 Å². The van der Waals surface area contributed by atoms with Crippen LogP contribution >= 0.6 is 0 Å². The fourth-order valence-electron chi connectivity index (χ4n) is 1.62. The highest BCUT2D eigenvalue weighted by Crippen LogP contribution is 2.19. The molecule has 1 N–H and O–H groups in total. The van der Waals surface area contributed by atoms with Crippen LogP contribution in [0.15, 0.2) is 0 Å². The summed E-state index contributed by atoms with van der Waals surface area (Å²) in [5, 5.41) is 9.69. The lowest BCUT2D eigenvalue weighted by atomic mass is 9.95. The van der Waals surface area contributed by atoms with E-state index < -0.39 is 11.7 Å². The summed E-state index contributed by atoms with van der Waals surface area (Å²) in [6, 6.07) is 0. The van der Waals surface area contributed by atoms with Crippen LogP contribution in [-0.4, -0.2) is 40.9 Å². The molecule has 0 aromatic rings. The van der Waals surface area contributed by atoms with E-state index in [1.165, 1.54) is 4.90 Å². The van der Waals surface area contributed by atoms with Crippen molar-refractivity contribution in [3.63, 3.8) is 0 Å². The van der Waals surface area contributed by atoms with Crippen LogP contribution in [0.5, 0.6) is 0 Å². The molecule has 90 valence electrons. The van der Waals surface area contributed by atoms with Crippen LogP contribution in [0.4, 0.5) is 4.79 Å². The molecule has 1 amide bonds. The van der Waals surface area contributed by atoms with Crippen LogP contribution in [0.3, 0.4) is 0 Å². The highest BCUT2D eigenvalue weighted by molar-refractivity contribution is 5.68. The minimum absolute atomic E-state index is 0.154. The summed E-state index contributed by atoms with van der Waals surface area (Å²) >= 11 is 0. The monoisotopic (exact) mass is 225 g/mol. The smallest absolute Gasteiger partial charge is 0.410 e. The maximum atomic E-state index is 11.7. The summed E-state index contributed by atoms with van der Waals surface area (Å²) in [6.45, 7) is 6.24. The molecule has 1 aliphatic heterocycles. The minimum Gasteiger partial charge on any atom is -0.444 e. The van der Waals surface area contributed by atoms with E-state index in [9.17, 15) is 9.90 Å². The molecule has 2 atom stereocenters. The van der Waals surface area contributed by atoms with Crippen molar-refractivity contribution in [2.45, 2.75) is 38.9 Å². The number of terminal acetylenes is 1. The average Bonchev–Trinajstić information content (AvgIpc) is 2.15. The number of rotatable bonds is 0. The Kier molecular flexibility index (Phi) is 3.82. The first-order chi connectivity index (χ1) is 7.33. The van der Waals surface area contributed by atoms with Crippen LogP contribution < -0.4 is 0 Å². The summed E-state index contributed by atoms with van der Waals surface area (Å²) in [6.07, 6.45) is 4.86. The van der Waals surface area contributed by atoms with E-state index in [0.29, 0.717) is 13.0 Å². The largest absolute Gasteiger partial charge is 0.444 e. The van der Waals surface area contributed by atoms with Gasteiger partial charge in [0.1, 0.15) is 5.60 Å². The van der Waals surface area contributed by atoms with Crippen molar-refractivity contribution in [1.82, 2.24) is 4.90 Å². The van der Waals surface area contributed by atoms with Gasteiger partial charge in [0.15, 0.2) is 0 Å². The number of aliphatic hydroxyl groups is 1. The Morgan fingerprint density at radius 2 is 2.19 bits per heavy atom. The van der Waals surface area contributed by atoms with Gasteiger partial charge in [0.05, 0.1) is 12.6 Å². The Balaban J connectivity index is 2.52. The first-order valence-corrected chi connectivity index (χ1v) is 5.45. The summed E-state index contributed by atoms with van der Waals surface area (Å²) in [4.78, 5) is 13.2. The molecule has 0 aromatic carbocycles. The molecule has 0 aromatic heterocycles. The molecule has 16 heavy (non-hydrogen) atoms.